The maximum absolute atomic E-state index is 12.2. The van der Waals surface area contributed by atoms with E-state index in [1.54, 1.807) is 29.6 Å². The van der Waals surface area contributed by atoms with Crippen molar-refractivity contribution in [2.24, 2.45) is 0 Å². The fraction of sp³-hybridized carbons (Fsp3) is 0.0667. The van der Waals surface area contributed by atoms with Crippen LogP contribution < -0.4 is 10.1 Å². The van der Waals surface area contributed by atoms with E-state index in [4.69, 9.17) is 9.26 Å². The quantitative estimate of drug-likeness (QED) is 0.730. The Bertz CT molecular complexity index is 871. The fourth-order valence-electron chi connectivity index (χ4n) is 1.98. The van der Waals surface area contributed by atoms with Crippen LogP contribution in [0.3, 0.4) is 0 Å². The van der Waals surface area contributed by atoms with Gasteiger partial charge < -0.3 is 14.4 Å². The summed E-state index contributed by atoms with van der Waals surface area (Å²) in [5, 5.41) is 17.6. The lowest BCUT2D eigenvalue weighted by molar-refractivity contribution is 0.0698. The third kappa shape index (κ3) is 2.97. The molecule has 122 valence electrons. The van der Waals surface area contributed by atoms with Crippen molar-refractivity contribution in [1.82, 2.24) is 10.1 Å². The zero-order valence-corrected chi connectivity index (χ0v) is 13.2. The molecule has 3 aromatic rings. The average molecular weight is 345 g/mol. The number of carbonyl (C=O) groups excluding carboxylic acids is 1. The van der Waals surface area contributed by atoms with Crippen molar-refractivity contribution in [1.29, 1.82) is 0 Å². The van der Waals surface area contributed by atoms with Gasteiger partial charge in [0.25, 0.3) is 5.91 Å². The third-order valence-corrected chi connectivity index (χ3v) is 3.90. The first-order chi connectivity index (χ1) is 11.6. The summed E-state index contributed by atoms with van der Waals surface area (Å²) in [4.78, 5) is 27.8. The molecule has 2 aromatic heterocycles. The Balaban J connectivity index is 1.89. The number of thiazole rings is 1. The Morgan fingerprint density at radius 3 is 2.62 bits per heavy atom. The maximum Gasteiger partial charge on any atom is 0.343 e. The number of ether oxygens (including phenoxy) is 1. The molecule has 0 unspecified atom stereocenters. The van der Waals surface area contributed by atoms with Crippen molar-refractivity contribution in [3.05, 3.63) is 47.0 Å². The largest absolute Gasteiger partial charge is 0.497 e. The summed E-state index contributed by atoms with van der Waals surface area (Å²) in [5.41, 5.74) is 0.147. The number of hydrogen-bond donors (Lipinski definition) is 2. The number of nitrogens with one attached hydrogen (secondary N) is 1. The Hall–Kier alpha value is -3.20. The SMILES string of the molecule is COc1ccc(C(=O)Nc2onc(-c3nccs3)c2C(=O)O)cc1. The molecule has 0 radical (unpaired) electrons. The van der Waals surface area contributed by atoms with Gasteiger partial charge in [0.1, 0.15) is 10.8 Å². The first-order valence-corrected chi connectivity index (χ1v) is 7.56. The summed E-state index contributed by atoms with van der Waals surface area (Å²) in [6.45, 7) is 0. The number of anilines is 1. The van der Waals surface area contributed by atoms with Gasteiger partial charge in [-0.2, -0.15) is 0 Å². The van der Waals surface area contributed by atoms with E-state index in [-0.39, 0.29) is 17.1 Å². The zero-order valence-electron chi connectivity index (χ0n) is 12.3. The number of carboxylic acid groups (broad SMARTS) is 1. The Kier molecular flexibility index (Phi) is 4.25. The third-order valence-electron chi connectivity index (χ3n) is 3.12. The van der Waals surface area contributed by atoms with Gasteiger partial charge in [-0.3, -0.25) is 10.1 Å². The number of hydrogen-bond acceptors (Lipinski definition) is 7. The highest BCUT2D eigenvalue weighted by atomic mass is 32.1. The molecule has 2 N–H and O–H groups in total. The van der Waals surface area contributed by atoms with Gasteiger partial charge in [0.05, 0.1) is 7.11 Å². The summed E-state index contributed by atoms with van der Waals surface area (Å²) in [6.07, 6.45) is 1.52. The Morgan fingerprint density at radius 2 is 2.04 bits per heavy atom. The standard InChI is InChI=1S/C15H11N3O5S/c1-22-9-4-2-8(3-5-9)12(19)17-13-10(15(20)21)11(18-23-13)14-16-6-7-24-14/h2-7H,1H3,(H,17,19)(H,20,21). The topological polar surface area (TPSA) is 115 Å². The van der Waals surface area contributed by atoms with Crippen LogP contribution in [0.2, 0.25) is 0 Å². The number of rotatable bonds is 5. The van der Waals surface area contributed by atoms with E-state index in [1.807, 2.05) is 0 Å². The number of carboxylic acids is 1. The minimum absolute atomic E-state index is 0.0718. The van der Waals surface area contributed by atoms with Crippen molar-refractivity contribution in [3.63, 3.8) is 0 Å². The van der Waals surface area contributed by atoms with E-state index in [0.29, 0.717) is 16.3 Å². The monoisotopic (exact) mass is 345 g/mol. The van der Waals surface area contributed by atoms with Crippen LogP contribution in [0.5, 0.6) is 5.75 Å². The van der Waals surface area contributed by atoms with Gasteiger partial charge in [0.15, 0.2) is 11.3 Å². The zero-order chi connectivity index (χ0) is 17.1. The van der Waals surface area contributed by atoms with Crippen LogP contribution in [0.4, 0.5) is 5.88 Å². The molecular formula is C15H11N3O5S. The van der Waals surface area contributed by atoms with Crippen LogP contribution in [-0.2, 0) is 0 Å². The van der Waals surface area contributed by atoms with Crippen LogP contribution >= 0.6 is 11.3 Å². The highest BCUT2D eigenvalue weighted by Gasteiger charge is 2.26. The molecule has 24 heavy (non-hydrogen) atoms. The van der Waals surface area contributed by atoms with Gasteiger partial charge in [0.2, 0.25) is 5.88 Å². The summed E-state index contributed by atoms with van der Waals surface area (Å²) >= 11 is 1.22. The number of amides is 1. The molecule has 0 aliphatic rings. The highest BCUT2D eigenvalue weighted by molar-refractivity contribution is 7.13. The van der Waals surface area contributed by atoms with Gasteiger partial charge in [-0.15, -0.1) is 11.3 Å². The van der Waals surface area contributed by atoms with E-state index in [1.165, 1.54) is 24.6 Å². The number of carbonyl (C=O) groups is 2. The molecule has 0 aliphatic carbocycles. The molecule has 0 fully saturated rings. The minimum atomic E-state index is -1.27. The van der Waals surface area contributed by atoms with Crippen molar-refractivity contribution >= 4 is 29.1 Å². The van der Waals surface area contributed by atoms with Crippen molar-refractivity contribution in [2.75, 3.05) is 12.4 Å². The normalized spacial score (nSPS) is 10.4. The van der Waals surface area contributed by atoms with Gasteiger partial charge in [-0.05, 0) is 24.3 Å². The fourth-order valence-corrected chi connectivity index (χ4v) is 2.60. The van der Waals surface area contributed by atoms with Crippen LogP contribution in [0, 0.1) is 0 Å². The molecule has 3 rings (SSSR count). The number of benzene rings is 1. The number of aromatic nitrogens is 2. The van der Waals surface area contributed by atoms with E-state index in [2.05, 4.69) is 15.5 Å². The number of aromatic carboxylic acids is 1. The lowest BCUT2D eigenvalue weighted by atomic mass is 10.2. The van der Waals surface area contributed by atoms with Gasteiger partial charge in [-0.1, -0.05) is 5.16 Å². The predicted molar refractivity (Wildman–Crippen MR) is 85.5 cm³/mol. The lowest BCUT2D eigenvalue weighted by Gasteiger charge is -2.04. The van der Waals surface area contributed by atoms with Gasteiger partial charge >= 0.3 is 5.97 Å². The first-order valence-electron chi connectivity index (χ1n) is 6.68. The van der Waals surface area contributed by atoms with Crippen molar-refractivity contribution in [2.45, 2.75) is 0 Å². The lowest BCUT2D eigenvalue weighted by Crippen LogP contribution is -2.13. The molecule has 0 aliphatic heterocycles. The smallest absolute Gasteiger partial charge is 0.343 e. The number of methoxy groups -OCH3 is 1. The van der Waals surface area contributed by atoms with Crippen LogP contribution in [0.1, 0.15) is 20.7 Å². The van der Waals surface area contributed by atoms with Crippen LogP contribution in [-0.4, -0.2) is 34.2 Å². The van der Waals surface area contributed by atoms with E-state index in [9.17, 15) is 14.7 Å². The molecule has 0 saturated heterocycles. The second kappa shape index (κ2) is 6.50. The van der Waals surface area contributed by atoms with Crippen LogP contribution in [0.25, 0.3) is 10.7 Å². The molecule has 0 bridgehead atoms. The first kappa shape index (κ1) is 15.7. The molecule has 0 spiro atoms. The second-order valence-electron chi connectivity index (χ2n) is 4.56. The molecule has 0 atom stereocenters. The van der Waals surface area contributed by atoms with Crippen LogP contribution in [0.15, 0.2) is 40.4 Å². The summed E-state index contributed by atoms with van der Waals surface area (Å²) in [7, 11) is 1.52. The highest BCUT2D eigenvalue weighted by Crippen LogP contribution is 2.30. The molecule has 0 saturated carbocycles. The Labute approximate surface area is 139 Å². The van der Waals surface area contributed by atoms with Gasteiger partial charge in [-0.25, -0.2) is 9.78 Å². The van der Waals surface area contributed by atoms with Crippen molar-refractivity contribution in [3.8, 4) is 16.5 Å². The van der Waals surface area contributed by atoms with Crippen molar-refractivity contribution < 1.29 is 24.0 Å². The average Bonchev–Trinajstić information content (AvgIpc) is 3.23. The molecule has 9 heteroatoms. The summed E-state index contributed by atoms with van der Waals surface area (Å²) < 4.78 is 10.0. The second-order valence-corrected chi connectivity index (χ2v) is 5.45. The molecule has 1 amide bonds. The Morgan fingerprint density at radius 1 is 1.29 bits per heavy atom. The predicted octanol–water partition coefficient (Wildman–Crippen LogP) is 2.76. The molecular weight excluding hydrogens is 334 g/mol. The summed E-state index contributed by atoms with van der Waals surface area (Å²) in [5.74, 6) is -1.44. The summed E-state index contributed by atoms with van der Waals surface area (Å²) in [6, 6.07) is 6.34. The van der Waals surface area contributed by atoms with Gasteiger partial charge in [0, 0.05) is 17.1 Å². The molecule has 8 nitrogen and oxygen atoms in total. The van der Waals surface area contributed by atoms with E-state index in [0.717, 1.165) is 0 Å². The molecule has 2 heterocycles. The van der Waals surface area contributed by atoms with E-state index < -0.39 is 11.9 Å². The number of nitrogens with zero attached hydrogens (tertiary/aromatic N) is 2. The maximum atomic E-state index is 12.2. The molecule has 1 aromatic carbocycles. The minimum Gasteiger partial charge on any atom is -0.497 e. The van der Waals surface area contributed by atoms with E-state index >= 15 is 0 Å².